The molecule has 0 heterocycles. The zero-order chi connectivity index (χ0) is 14.0. The van der Waals surface area contributed by atoms with Crippen molar-refractivity contribution in [1.82, 2.24) is 0 Å². The number of rotatable bonds is 3. The zero-order valence-corrected chi connectivity index (χ0v) is 11.8. The topological polar surface area (TPSA) is 43.1 Å². The zero-order valence-electron chi connectivity index (χ0n) is 10.9. The average Bonchev–Trinajstić information content (AvgIpc) is 2.35. The Morgan fingerprint density at radius 3 is 2.58 bits per heavy atom. The van der Waals surface area contributed by atoms with Crippen molar-refractivity contribution in [3.05, 3.63) is 58.9 Å². The molecule has 0 aliphatic rings. The fourth-order valence-corrected chi connectivity index (χ4v) is 3.27. The van der Waals surface area contributed by atoms with E-state index in [1.165, 1.54) is 6.07 Å². The Hall–Kier alpha value is -1.68. The normalized spacial score (nSPS) is 12.4. The minimum atomic E-state index is -1.25. The number of anilines is 1. The highest BCUT2D eigenvalue weighted by Gasteiger charge is 2.11. The van der Waals surface area contributed by atoms with E-state index in [-0.39, 0.29) is 5.75 Å². The minimum absolute atomic E-state index is 0.163. The highest BCUT2D eigenvalue weighted by atomic mass is 32.2. The van der Waals surface area contributed by atoms with E-state index in [0.29, 0.717) is 11.3 Å². The molecule has 2 aromatic carbocycles. The number of hydrogen-bond acceptors (Lipinski definition) is 2. The Morgan fingerprint density at radius 2 is 1.89 bits per heavy atom. The first-order valence-corrected chi connectivity index (χ1v) is 7.29. The highest BCUT2D eigenvalue weighted by Crippen LogP contribution is 2.20. The molecule has 0 aliphatic heterocycles. The van der Waals surface area contributed by atoms with Crippen LogP contribution in [-0.4, -0.2) is 4.21 Å². The number of nitrogen functional groups attached to an aromatic ring is 1. The van der Waals surface area contributed by atoms with E-state index in [1.54, 1.807) is 12.1 Å². The summed E-state index contributed by atoms with van der Waals surface area (Å²) in [5, 5.41) is 0. The van der Waals surface area contributed by atoms with Gasteiger partial charge in [-0.3, -0.25) is 4.21 Å². The van der Waals surface area contributed by atoms with Gasteiger partial charge in [0.1, 0.15) is 5.82 Å². The van der Waals surface area contributed by atoms with E-state index in [9.17, 15) is 8.60 Å². The summed E-state index contributed by atoms with van der Waals surface area (Å²) in [7, 11) is -1.25. The van der Waals surface area contributed by atoms with Crippen LogP contribution in [0.25, 0.3) is 0 Å². The molecule has 2 rings (SSSR count). The van der Waals surface area contributed by atoms with E-state index in [2.05, 4.69) is 0 Å². The third-order valence-electron chi connectivity index (χ3n) is 2.95. The monoisotopic (exact) mass is 277 g/mol. The molecule has 0 aliphatic carbocycles. The summed E-state index contributed by atoms with van der Waals surface area (Å²) in [6.07, 6.45) is 0. The Balaban J connectivity index is 2.28. The van der Waals surface area contributed by atoms with Crippen molar-refractivity contribution in [2.75, 3.05) is 5.73 Å². The van der Waals surface area contributed by atoms with E-state index >= 15 is 0 Å². The number of benzene rings is 2. The Labute approximate surface area is 114 Å². The summed E-state index contributed by atoms with van der Waals surface area (Å²) >= 11 is 0. The summed E-state index contributed by atoms with van der Waals surface area (Å²) in [6.45, 7) is 3.86. The maximum Gasteiger partial charge on any atom is 0.129 e. The quantitative estimate of drug-likeness (QED) is 0.874. The first-order valence-electron chi connectivity index (χ1n) is 5.97. The summed E-state index contributed by atoms with van der Waals surface area (Å²) in [5.41, 5.74) is 8.30. The summed E-state index contributed by atoms with van der Waals surface area (Å²) < 4.78 is 26.0. The maximum atomic E-state index is 13.7. The molecule has 2 nitrogen and oxygen atoms in total. The fraction of sp³-hybridized carbons (Fsp3) is 0.200. The standard InChI is InChI=1S/C15H16FNOS/c1-10-3-4-11(2)15(7-10)19(18)9-12-5-6-13(17)8-14(12)16/h3-8H,9,17H2,1-2H3. The van der Waals surface area contributed by atoms with Crippen molar-refractivity contribution < 1.29 is 8.60 Å². The van der Waals surface area contributed by atoms with Crippen LogP contribution in [0, 0.1) is 19.7 Å². The molecule has 2 N–H and O–H groups in total. The minimum Gasteiger partial charge on any atom is -0.399 e. The molecule has 0 spiro atoms. The SMILES string of the molecule is Cc1ccc(C)c(S(=O)Cc2ccc(N)cc2F)c1. The van der Waals surface area contributed by atoms with E-state index in [0.717, 1.165) is 16.0 Å². The van der Waals surface area contributed by atoms with Gasteiger partial charge in [-0.25, -0.2) is 4.39 Å². The van der Waals surface area contributed by atoms with Gasteiger partial charge in [0.25, 0.3) is 0 Å². The summed E-state index contributed by atoms with van der Waals surface area (Å²) in [6, 6.07) is 10.3. The van der Waals surface area contributed by atoms with Crippen molar-refractivity contribution >= 4 is 16.5 Å². The van der Waals surface area contributed by atoms with Gasteiger partial charge in [0, 0.05) is 16.1 Å². The first kappa shape index (κ1) is 13.7. The molecule has 0 radical (unpaired) electrons. The molecule has 2 aromatic rings. The molecule has 0 bridgehead atoms. The van der Waals surface area contributed by atoms with Gasteiger partial charge in [-0.1, -0.05) is 18.2 Å². The van der Waals surface area contributed by atoms with Gasteiger partial charge in [0.2, 0.25) is 0 Å². The molecule has 1 atom stereocenters. The van der Waals surface area contributed by atoms with Crippen LogP contribution >= 0.6 is 0 Å². The van der Waals surface area contributed by atoms with Crippen LogP contribution in [-0.2, 0) is 16.6 Å². The van der Waals surface area contributed by atoms with Crippen LogP contribution < -0.4 is 5.73 Å². The Morgan fingerprint density at radius 1 is 1.16 bits per heavy atom. The molecule has 0 fully saturated rings. The highest BCUT2D eigenvalue weighted by molar-refractivity contribution is 7.84. The molecular weight excluding hydrogens is 261 g/mol. The van der Waals surface area contributed by atoms with Crippen molar-refractivity contribution in [3.8, 4) is 0 Å². The van der Waals surface area contributed by atoms with Crippen LogP contribution in [0.4, 0.5) is 10.1 Å². The second-order valence-electron chi connectivity index (χ2n) is 4.61. The predicted octanol–water partition coefficient (Wildman–Crippen LogP) is 3.33. The molecule has 100 valence electrons. The van der Waals surface area contributed by atoms with Gasteiger partial charge >= 0.3 is 0 Å². The van der Waals surface area contributed by atoms with Crippen LogP contribution in [0.15, 0.2) is 41.3 Å². The predicted molar refractivity (Wildman–Crippen MR) is 76.8 cm³/mol. The lowest BCUT2D eigenvalue weighted by Gasteiger charge is -2.08. The molecule has 0 amide bonds. The van der Waals surface area contributed by atoms with Crippen LogP contribution in [0.3, 0.4) is 0 Å². The maximum absolute atomic E-state index is 13.7. The summed E-state index contributed by atoms with van der Waals surface area (Å²) in [5.74, 6) is -0.241. The largest absolute Gasteiger partial charge is 0.399 e. The van der Waals surface area contributed by atoms with Crippen LogP contribution in [0.2, 0.25) is 0 Å². The van der Waals surface area contributed by atoms with Crippen molar-refractivity contribution in [2.24, 2.45) is 0 Å². The summed E-state index contributed by atoms with van der Waals surface area (Å²) in [4.78, 5) is 0.760. The molecule has 0 saturated carbocycles. The van der Waals surface area contributed by atoms with Crippen molar-refractivity contribution in [1.29, 1.82) is 0 Å². The van der Waals surface area contributed by atoms with Gasteiger partial charge in [0.05, 0.1) is 16.6 Å². The second-order valence-corrected chi connectivity index (χ2v) is 6.03. The van der Waals surface area contributed by atoms with E-state index in [1.807, 2.05) is 32.0 Å². The molecule has 0 aromatic heterocycles. The van der Waals surface area contributed by atoms with Gasteiger partial charge in [-0.15, -0.1) is 0 Å². The molecule has 4 heteroatoms. The smallest absolute Gasteiger partial charge is 0.129 e. The Kier molecular flexibility index (Phi) is 4.00. The lowest BCUT2D eigenvalue weighted by molar-refractivity contribution is 0.616. The first-order chi connectivity index (χ1) is 8.97. The number of halogens is 1. The van der Waals surface area contributed by atoms with Gasteiger partial charge in [-0.05, 0) is 43.2 Å². The third-order valence-corrected chi connectivity index (χ3v) is 4.46. The van der Waals surface area contributed by atoms with Crippen molar-refractivity contribution in [2.45, 2.75) is 24.5 Å². The Bertz CT molecular complexity index is 640. The van der Waals surface area contributed by atoms with Crippen LogP contribution in [0.5, 0.6) is 0 Å². The molecule has 19 heavy (non-hydrogen) atoms. The average molecular weight is 277 g/mol. The number of aryl methyl sites for hydroxylation is 2. The van der Waals surface area contributed by atoms with Gasteiger partial charge in [-0.2, -0.15) is 0 Å². The fourth-order valence-electron chi connectivity index (χ4n) is 1.85. The lowest BCUT2D eigenvalue weighted by Crippen LogP contribution is -2.02. The van der Waals surface area contributed by atoms with Crippen LogP contribution in [0.1, 0.15) is 16.7 Å². The van der Waals surface area contributed by atoms with E-state index < -0.39 is 16.6 Å². The number of hydrogen-bond donors (Lipinski definition) is 1. The molecule has 0 saturated heterocycles. The lowest BCUT2D eigenvalue weighted by atomic mass is 10.2. The third kappa shape index (κ3) is 3.20. The van der Waals surface area contributed by atoms with Gasteiger partial charge in [0.15, 0.2) is 0 Å². The van der Waals surface area contributed by atoms with E-state index in [4.69, 9.17) is 5.73 Å². The van der Waals surface area contributed by atoms with Crippen molar-refractivity contribution in [3.63, 3.8) is 0 Å². The van der Waals surface area contributed by atoms with Gasteiger partial charge < -0.3 is 5.73 Å². The number of nitrogens with two attached hydrogens (primary N) is 1. The molecular formula is C15H16FNOS. The molecule has 1 unspecified atom stereocenters. The second kappa shape index (κ2) is 5.53.